The molecule has 1 aromatic heterocycles. The maximum Gasteiger partial charge on any atom is 0.223 e. The Bertz CT molecular complexity index is 524. The summed E-state index contributed by atoms with van der Waals surface area (Å²) in [7, 11) is 4.05. The van der Waals surface area contributed by atoms with Crippen molar-refractivity contribution in [2.24, 2.45) is 5.92 Å². The Kier molecular flexibility index (Phi) is 4.73. The van der Waals surface area contributed by atoms with Gasteiger partial charge in [0.2, 0.25) is 5.91 Å². The molecule has 1 amide bonds. The number of carbonyl (C=O) groups is 1. The van der Waals surface area contributed by atoms with E-state index in [1.807, 2.05) is 19.0 Å². The van der Waals surface area contributed by atoms with E-state index < -0.39 is 0 Å². The minimum atomic E-state index is 0.264. The molecule has 1 aromatic rings. The second-order valence-electron chi connectivity index (χ2n) is 6.50. The van der Waals surface area contributed by atoms with E-state index in [-0.39, 0.29) is 5.91 Å². The Morgan fingerprint density at radius 2 is 2.14 bits per heavy atom. The Morgan fingerprint density at radius 1 is 1.32 bits per heavy atom. The molecule has 22 heavy (non-hydrogen) atoms. The fourth-order valence-corrected chi connectivity index (χ4v) is 2.65. The van der Waals surface area contributed by atoms with Crippen LogP contribution in [0.5, 0.6) is 0 Å². The van der Waals surface area contributed by atoms with Crippen LogP contribution in [0.25, 0.3) is 0 Å². The zero-order valence-corrected chi connectivity index (χ0v) is 13.5. The predicted molar refractivity (Wildman–Crippen MR) is 81.0 cm³/mol. The highest BCUT2D eigenvalue weighted by Crippen LogP contribution is 2.33. The number of hydrogen-bond donors (Lipinski definition) is 0. The summed E-state index contributed by atoms with van der Waals surface area (Å²) in [6.45, 7) is 4.16. The second-order valence-corrected chi connectivity index (χ2v) is 6.50. The van der Waals surface area contributed by atoms with Gasteiger partial charge >= 0.3 is 0 Å². The molecule has 0 atom stereocenters. The second kappa shape index (κ2) is 6.75. The van der Waals surface area contributed by atoms with Crippen molar-refractivity contribution in [3.05, 3.63) is 11.6 Å². The first-order valence-corrected chi connectivity index (χ1v) is 8.04. The van der Waals surface area contributed by atoms with E-state index in [0.717, 1.165) is 31.3 Å². The molecule has 1 saturated carbocycles. The molecule has 1 aliphatic heterocycles. The first-order valence-electron chi connectivity index (χ1n) is 8.04. The van der Waals surface area contributed by atoms with E-state index in [2.05, 4.69) is 19.7 Å². The number of carbonyl (C=O) groups excluding carboxylic acids is 1. The summed E-state index contributed by atoms with van der Waals surface area (Å²) in [5, 5.41) is 8.44. The number of hydrogen-bond acceptors (Lipinski definition) is 5. The smallest absolute Gasteiger partial charge is 0.223 e. The molecule has 0 N–H and O–H groups in total. The Morgan fingerprint density at radius 3 is 2.86 bits per heavy atom. The van der Waals surface area contributed by atoms with E-state index in [1.54, 1.807) is 0 Å². The summed E-state index contributed by atoms with van der Waals surface area (Å²) in [6, 6.07) is 0. The van der Waals surface area contributed by atoms with Gasteiger partial charge in [0.15, 0.2) is 11.6 Å². The maximum absolute atomic E-state index is 12.2. The number of likely N-dealkylation sites (N-methyl/N-ethyl adjacent to an activating group) is 1. The first kappa shape index (κ1) is 15.4. The lowest BCUT2D eigenvalue weighted by atomic mass is 10.2. The number of fused-ring (bicyclic) bond motifs is 1. The highest BCUT2D eigenvalue weighted by Gasteiger charge is 2.29. The fourth-order valence-electron chi connectivity index (χ4n) is 2.65. The van der Waals surface area contributed by atoms with Gasteiger partial charge in [-0.15, -0.1) is 10.2 Å². The van der Waals surface area contributed by atoms with Crippen LogP contribution in [0.3, 0.4) is 0 Å². The molecule has 3 rings (SSSR count). The summed E-state index contributed by atoms with van der Waals surface area (Å²) in [6.07, 6.45) is 3.13. The van der Waals surface area contributed by atoms with E-state index in [1.165, 1.54) is 12.8 Å². The van der Waals surface area contributed by atoms with Crippen LogP contribution < -0.4 is 0 Å². The van der Waals surface area contributed by atoms with Crippen LogP contribution in [0.15, 0.2) is 0 Å². The summed E-state index contributed by atoms with van der Waals surface area (Å²) < 4.78 is 7.74. The topological polar surface area (TPSA) is 63.5 Å². The van der Waals surface area contributed by atoms with Crippen LogP contribution in [0.1, 0.15) is 30.9 Å². The minimum Gasteiger partial charge on any atom is -0.372 e. The molecule has 2 heterocycles. The summed E-state index contributed by atoms with van der Waals surface area (Å²) >= 11 is 0. The lowest BCUT2D eigenvalue weighted by Crippen LogP contribution is -2.39. The molecule has 7 nitrogen and oxygen atoms in total. The monoisotopic (exact) mass is 307 g/mol. The molecule has 1 aliphatic carbocycles. The van der Waals surface area contributed by atoms with Gasteiger partial charge in [0.1, 0.15) is 6.61 Å². The third-order valence-corrected chi connectivity index (χ3v) is 4.26. The quantitative estimate of drug-likeness (QED) is 0.686. The SMILES string of the molecule is CN(C)CCOCc1nnc2n1CCN(C(=O)CC1CC1)C2. The number of rotatable bonds is 7. The molecule has 0 radical (unpaired) electrons. The molecular formula is C15H25N5O2. The van der Waals surface area contributed by atoms with Crippen molar-refractivity contribution in [3.63, 3.8) is 0 Å². The Balaban J connectivity index is 1.51. The molecule has 0 bridgehead atoms. The molecule has 0 unspecified atom stereocenters. The van der Waals surface area contributed by atoms with Crippen molar-refractivity contribution in [1.29, 1.82) is 0 Å². The van der Waals surface area contributed by atoms with Gasteiger partial charge in [-0.1, -0.05) is 0 Å². The van der Waals surface area contributed by atoms with Crippen LogP contribution in [-0.2, 0) is 29.2 Å². The summed E-state index contributed by atoms with van der Waals surface area (Å²) in [5.41, 5.74) is 0. The van der Waals surface area contributed by atoms with Gasteiger partial charge in [-0.2, -0.15) is 0 Å². The van der Waals surface area contributed by atoms with Crippen LogP contribution in [0.2, 0.25) is 0 Å². The van der Waals surface area contributed by atoms with Crippen molar-refractivity contribution in [2.45, 2.75) is 39.0 Å². The molecule has 7 heteroatoms. The van der Waals surface area contributed by atoms with Gasteiger partial charge in [0, 0.05) is 26.1 Å². The lowest BCUT2D eigenvalue weighted by molar-refractivity contribution is -0.133. The van der Waals surface area contributed by atoms with Crippen LogP contribution in [-0.4, -0.2) is 64.3 Å². The van der Waals surface area contributed by atoms with E-state index in [0.29, 0.717) is 32.1 Å². The van der Waals surface area contributed by atoms with Gasteiger partial charge in [-0.05, 0) is 32.9 Å². The lowest BCUT2D eigenvalue weighted by Gasteiger charge is -2.28. The number of amides is 1. The zero-order chi connectivity index (χ0) is 15.5. The number of nitrogens with zero attached hydrogens (tertiary/aromatic N) is 5. The fraction of sp³-hybridized carbons (Fsp3) is 0.800. The van der Waals surface area contributed by atoms with Gasteiger partial charge < -0.3 is 19.1 Å². The highest BCUT2D eigenvalue weighted by atomic mass is 16.5. The van der Waals surface area contributed by atoms with Crippen molar-refractivity contribution in [3.8, 4) is 0 Å². The van der Waals surface area contributed by atoms with Gasteiger partial charge in [0.05, 0.1) is 13.2 Å². The molecule has 0 aromatic carbocycles. The summed E-state index contributed by atoms with van der Waals surface area (Å²) in [4.78, 5) is 16.2. The Hall–Kier alpha value is -1.47. The molecular weight excluding hydrogens is 282 g/mol. The van der Waals surface area contributed by atoms with Gasteiger partial charge in [-0.3, -0.25) is 4.79 Å². The predicted octanol–water partition coefficient (Wildman–Crippen LogP) is 0.499. The third-order valence-electron chi connectivity index (χ3n) is 4.26. The molecule has 0 spiro atoms. The van der Waals surface area contributed by atoms with Crippen molar-refractivity contribution >= 4 is 5.91 Å². The molecule has 122 valence electrons. The average Bonchev–Trinajstić information content (AvgIpc) is 3.21. The van der Waals surface area contributed by atoms with Crippen LogP contribution in [0, 0.1) is 5.92 Å². The normalized spacial score (nSPS) is 17.9. The van der Waals surface area contributed by atoms with Crippen molar-refractivity contribution in [1.82, 2.24) is 24.6 Å². The number of aromatic nitrogens is 3. The third kappa shape index (κ3) is 3.84. The largest absolute Gasteiger partial charge is 0.372 e. The Labute approximate surface area is 131 Å². The van der Waals surface area contributed by atoms with E-state index >= 15 is 0 Å². The van der Waals surface area contributed by atoms with E-state index in [9.17, 15) is 4.79 Å². The minimum absolute atomic E-state index is 0.264. The first-order chi connectivity index (χ1) is 10.6. The molecule has 0 saturated heterocycles. The van der Waals surface area contributed by atoms with E-state index in [4.69, 9.17) is 4.74 Å². The summed E-state index contributed by atoms with van der Waals surface area (Å²) in [5.74, 6) is 2.64. The standard InChI is InChI=1S/C15H25N5O2/c1-18(2)7-8-22-11-14-17-16-13-10-19(5-6-20(13)14)15(21)9-12-3-4-12/h12H,3-11H2,1-2H3. The average molecular weight is 307 g/mol. The number of ether oxygens (including phenoxy) is 1. The zero-order valence-electron chi connectivity index (χ0n) is 13.5. The van der Waals surface area contributed by atoms with Gasteiger partial charge in [0.25, 0.3) is 0 Å². The molecule has 2 aliphatic rings. The van der Waals surface area contributed by atoms with Crippen molar-refractivity contribution in [2.75, 3.05) is 33.8 Å². The van der Waals surface area contributed by atoms with Crippen LogP contribution >= 0.6 is 0 Å². The van der Waals surface area contributed by atoms with Crippen molar-refractivity contribution < 1.29 is 9.53 Å². The maximum atomic E-state index is 12.2. The highest BCUT2D eigenvalue weighted by molar-refractivity contribution is 5.76. The van der Waals surface area contributed by atoms with Gasteiger partial charge in [-0.25, -0.2) is 0 Å². The van der Waals surface area contributed by atoms with Crippen LogP contribution in [0.4, 0.5) is 0 Å². The molecule has 1 fully saturated rings.